The molecule has 8 heteroatoms. The Hall–Kier alpha value is -1.80. The van der Waals surface area contributed by atoms with Gasteiger partial charge in [-0.25, -0.2) is 9.97 Å². The number of rotatable bonds is 6. The lowest BCUT2D eigenvalue weighted by Crippen LogP contribution is -2.26. The molecule has 0 unspecified atom stereocenters. The maximum Gasteiger partial charge on any atom is 0.271 e. The third-order valence-electron chi connectivity index (χ3n) is 3.03. The molecule has 0 saturated carbocycles. The van der Waals surface area contributed by atoms with Crippen LogP contribution in [0.4, 0.5) is 0 Å². The molecule has 21 heavy (non-hydrogen) atoms. The molecule has 0 radical (unpaired) electrons. The van der Waals surface area contributed by atoms with Crippen molar-refractivity contribution in [2.24, 2.45) is 0 Å². The summed E-state index contributed by atoms with van der Waals surface area (Å²) in [4.78, 5) is 24.4. The van der Waals surface area contributed by atoms with E-state index in [1.807, 2.05) is 22.9 Å². The van der Waals surface area contributed by atoms with Crippen LogP contribution in [-0.4, -0.2) is 37.6 Å². The van der Waals surface area contributed by atoms with Crippen LogP contribution in [0.2, 0.25) is 0 Å². The van der Waals surface area contributed by atoms with Crippen LogP contribution in [0.3, 0.4) is 0 Å². The van der Waals surface area contributed by atoms with Crippen LogP contribution >= 0.6 is 23.1 Å². The number of thioether (sulfide) groups is 1. The van der Waals surface area contributed by atoms with E-state index in [1.165, 1.54) is 11.3 Å². The third-order valence-corrected chi connectivity index (χ3v) is 4.77. The Labute approximate surface area is 130 Å². The normalized spacial score (nSPS) is 11.1. The van der Waals surface area contributed by atoms with Crippen molar-refractivity contribution in [3.8, 4) is 0 Å². The third kappa shape index (κ3) is 3.27. The van der Waals surface area contributed by atoms with E-state index >= 15 is 0 Å². The average molecular weight is 321 g/mol. The molecule has 3 aromatic heterocycles. The van der Waals surface area contributed by atoms with Gasteiger partial charge >= 0.3 is 0 Å². The Balaban J connectivity index is 1.42. The van der Waals surface area contributed by atoms with Gasteiger partial charge in [0.1, 0.15) is 5.69 Å². The molecule has 0 aliphatic rings. The Bertz CT molecular complexity index is 716. The van der Waals surface area contributed by atoms with Crippen LogP contribution < -0.4 is 5.32 Å². The summed E-state index contributed by atoms with van der Waals surface area (Å²) in [5.74, 6) is 1.58. The second-order valence-corrected chi connectivity index (χ2v) is 6.48. The van der Waals surface area contributed by atoms with E-state index in [4.69, 9.17) is 0 Å². The summed E-state index contributed by atoms with van der Waals surface area (Å²) in [6.07, 6.45) is 5.35. The monoisotopic (exact) mass is 321 g/mol. The van der Waals surface area contributed by atoms with Crippen LogP contribution in [0.5, 0.6) is 0 Å². The summed E-state index contributed by atoms with van der Waals surface area (Å²) in [5.41, 5.74) is 2.64. The van der Waals surface area contributed by atoms with Crippen LogP contribution in [0.15, 0.2) is 24.1 Å². The molecule has 0 aromatic carbocycles. The highest BCUT2D eigenvalue weighted by molar-refractivity contribution is 7.98. The molecule has 0 aliphatic carbocycles. The van der Waals surface area contributed by atoms with Crippen molar-refractivity contribution < 1.29 is 4.79 Å². The van der Waals surface area contributed by atoms with Crippen molar-refractivity contribution in [3.05, 3.63) is 41.2 Å². The van der Waals surface area contributed by atoms with Gasteiger partial charge in [0.05, 0.1) is 12.0 Å². The first-order valence-electron chi connectivity index (χ1n) is 6.51. The fourth-order valence-electron chi connectivity index (χ4n) is 1.87. The first-order valence-corrected chi connectivity index (χ1v) is 8.54. The number of hydrogen-bond donors (Lipinski definition) is 2. The summed E-state index contributed by atoms with van der Waals surface area (Å²) in [6.45, 7) is 2.63. The molecular formula is C13H15N5OS2. The molecule has 0 fully saturated rings. The van der Waals surface area contributed by atoms with E-state index in [2.05, 4.69) is 20.3 Å². The van der Waals surface area contributed by atoms with E-state index in [-0.39, 0.29) is 5.91 Å². The Morgan fingerprint density at radius 3 is 3.24 bits per heavy atom. The van der Waals surface area contributed by atoms with Crippen LogP contribution in [0.1, 0.15) is 21.9 Å². The highest BCUT2D eigenvalue weighted by Gasteiger charge is 2.10. The van der Waals surface area contributed by atoms with Gasteiger partial charge in [-0.3, -0.25) is 9.20 Å². The molecule has 3 aromatic rings. The Morgan fingerprint density at radius 2 is 2.48 bits per heavy atom. The number of carbonyl (C=O) groups excluding carboxylic acids is 1. The van der Waals surface area contributed by atoms with Gasteiger partial charge in [-0.05, 0) is 6.92 Å². The summed E-state index contributed by atoms with van der Waals surface area (Å²) >= 11 is 3.26. The predicted molar refractivity (Wildman–Crippen MR) is 84.9 cm³/mol. The van der Waals surface area contributed by atoms with Crippen molar-refractivity contribution in [3.63, 3.8) is 0 Å². The summed E-state index contributed by atoms with van der Waals surface area (Å²) in [6, 6.07) is 0. The lowest BCUT2D eigenvalue weighted by atomic mass is 10.4. The van der Waals surface area contributed by atoms with Crippen molar-refractivity contribution in [2.75, 3.05) is 12.3 Å². The second kappa shape index (κ2) is 6.31. The summed E-state index contributed by atoms with van der Waals surface area (Å²) in [7, 11) is 0. The molecule has 0 bridgehead atoms. The largest absolute Gasteiger partial charge is 0.350 e. The highest BCUT2D eigenvalue weighted by atomic mass is 32.2. The number of nitrogens with zero attached hydrogens (tertiary/aromatic N) is 3. The molecule has 0 spiro atoms. The van der Waals surface area contributed by atoms with Gasteiger partial charge in [-0.2, -0.15) is 11.8 Å². The molecule has 6 nitrogen and oxygen atoms in total. The SMILES string of the molecule is Cc1[nH]cnc1CSCCNC(=O)c1cn2ccsc2n1. The number of H-pyrrole nitrogens is 1. The fourth-order valence-corrected chi connectivity index (χ4v) is 3.44. The summed E-state index contributed by atoms with van der Waals surface area (Å²) < 4.78 is 1.86. The molecular weight excluding hydrogens is 306 g/mol. The van der Waals surface area contributed by atoms with E-state index in [0.29, 0.717) is 12.2 Å². The zero-order chi connectivity index (χ0) is 14.7. The Morgan fingerprint density at radius 1 is 1.57 bits per heavy atom. The van der Waals surface area contributed by atoms with Gasteiger partial charge in [0.2, 0.25) is 0 Å². The zero-order valence-electron chi connectivity index (χ0n) is 11.5. The van der Waals surface area contributed by atoms with Gasteiger partial charge in [0.15, 0.2) is 4.96 Å². The second-order valence-electron chi connectivity index (χ2n) is 4.50. The number of carbonyl (C=O) groups is 1. The molecule has 0 atom stereocenters. The smallest absolute Gasteiger partial charge is 0.271 e. The van der Waals surface area contributed by atoms with Crippen molar-refractivity contribution >= 4 is 34.0 Å². The summed E-state index contributed by atoms with van der Waals surface area (Å²) in [5, 5.41) is 4.83. The van der Waals surface area contributed by atoms with Gasteiger partial charge in [-0.1, -0.05) is 0 Å². The highest BCUT2D eigenvalue weighted by Crippen LogP contribution is 2.12. The van der Waals surface area contributed by atoms with Crippen molar-refractivity contribution in [2.45, 2.75) is 12.7 Å². The van der Waals surface area contributed by atoms with Crippen LogP contribution in [-0.2, 0) is 5.75 Å². The van der Waals surface area contributed by atoms with E-state index in [0.717, 1.165) is 27.9 Å². The minimum absolute atomic E-state index is 0.123. The van der Waals surface area contributed by atoms with Crippen molar-refractivity contribution in [1.82, 2.24) is 24.7 Å². The number of amides is 1. The first kappa shape index (κ1) is 14.2. The van der Waals surface area contributed by atoms with Crippen molar-refractivity contribution in [1.29, 1.82) is 0 Å². The maximum absolute atomic E-state index is 11.9. The number of aromatic amines is 1. The minimum atomic E-state index is -0.123. The zero-order valence-corrected chi connectivity index (χ0v) is 13.1. The van der Waals surface area contributed by atoms with Crippen LogP contribution in [0, 0.1) is 6.92 Å². The lowest BCUT2D eigenvalue weighted by molar-refractivity contribution is 0.0952. The quantitative estimate of drug-likeness (QED) is 0.682. The molecule has 3 heterocycles. The molecule has 0 saturated heterocycles. The number of aryl methyl sites for hydroxylation is 1. The van der Waals surface area contributed by atoms with Gasteiger partial charge in [0, 0.05) is 41.5 Å². The Kier molecular flexibility index (Phi) is 4.26. The number of nitrogens with one attached hydrogen (secondary N) is 2. The molecule has 110 valence electrons. The van der Waals surface area contributed by atoms with Gasteiger partial charge in [0.25, 0.3) is 5.91 Å². The topological polar surface area (TPSA) is 75.1 Å². The first-order chi connectivity index (χ1) is 10.2. The van der Waals surface area contributed by atoms with E-state index < -0.39 is 0 Å². The molecule has 1 amide bonds. The average Bonchev–Trinajstić information content (AvgIpc) is 3.14. The molecule has 0 aliphatic heterocycles. The fraction of sp³-hybridized carbons (Fsp3) is 0.308. The van der Waals surface area contributed by atoms with E-state index in [1.54, 1.807) is 24.3 Å². The molecule has 2 N–H and O–H groups in total. The predicted octanol–water partition coefficient (Wildman–Crippen LogP) is 2.09. The number of aromatic nitrogens is 4. The minimum Gasteiger partial charge on any atom is -0.350 e. The van der Waals surface area contributed by atoms with E-state index in [9.17, 15) is 4.79 Å². The van der Waals surface area contributed by atoms with Gasteiger partial charge < -0.3 is 10.3 Å². The number of hydrogen-bond acceptors (Lipinski definition) is 5. The molecule has 3 rings (SSSR count). The number of thiazole rings is 1. The van der Waals surface area contributed by atoms with Gasteiger partial charge in [-0.15, -0.1) is 11.3 Å². The van der Waals surface area contributed by atoms with Crippen LogP contribution in [0.25, 0.3) is 4.96 Å². The number of fused-ring (bicyclic) bond motifs is 1. The lowest BCUT2D eigenvalue weighted by Gasteiger charge is -2.03. The number of imidazole rings is 2. The maximum atomic E-state index is 11.9. The standard InChI is InChI=1S/C13H15N5OS2/c1-9-11(16-8-15-9)7-20-4-2-14-12(19)10-6-18-3-5-21-13(18)17-10/h3,5-6,8H,2,4,7H2,1H3,(H,14,19)(H,15,16).